The molecule has 0 fully saturated rings. The van der Waals surface area contributed by atoms with Gasteiger partial charge in [-0.15, -0.1) is 0 Å². The van der Waals surface area contributed by atoms with Crippen LogP contribution in [0.2, 0.25) is 0 Å². The number of alkyl halides is 1. The van der Waals surface area contributed by atoms with Crippen molar-refractivity contribution in [1.82, 2.24) is 0 Å². The van der Waals surface area contributed by atoms with Crippen LogP contribution in [0.5, 0.6) is 0 Å². The molecule has 0 rings (SSSR count). The summed E-state index contributed by atoms with van der Waals surface area (Å²) < 4.78 is 4.65. The fourth-order valence-electron chi connectivity index (χ4n) is 0.0386. The number of rotatable bonds is 2. The molecule has 0 aromatic carbocycles. The van der Waals surface area contributed by atoms with Crippen LogP contribution in [0, 0.1) is 0 Å². The van der Waals surface area contributed by atoms with Gasteiger partial charge in [0.05, 0.1) is 0 Å². The topological polar surface area (TPSA) is 9.23 Å². The zero-order chi connectivity index (χ0) is 4.12. The molecule has 0 aliphatic heterocycles. The summed E-state index contributed by atoms with van der Waals surface area (Å²) in [5, 5.41) is 0. The summed E-state index contributed by atoms with van der Waals surface area (Å²) >= 11 is 6.29. The van der Waals surface area contributed by atoms with Crippen LogP contribution >= 0.6 is 11.6 Å². The third-order valence-electron chi connectivity index (χ3n) is 0.179. The van der Waals surface area contributed by atoms with Crippen LogP contribution in [0.15, 0.2) is 0 Å². The summed E-state index contributed by atoms with van der Waals surface area (Å²) in [5.41, 5.74) is 0. The van der Waals surface area contributed by atoms with Crippen LogP contribution < -0.4 is 0 Å². The zero-order valence-electron chi connectivity index (χ0n) is 2.70. The van der Waals surface area contributed by atoms with E-state index in [9.17, 15) is 0 Å². The van der Waals surface area contributed by atoms with E-state index in [1.54, 1.807) is 0 Å². The molecule has 0 radical (unpaired) electrons. The van der Waals surface area contributed by atoms with E-state index in [4.69, 9.17) is 11.6 Å². The molecule has 0 aromatic rings. The molecule has 0 atom stereocenters. The van der Waals surface area contributed by atoms with Gasteiger partial charge in [-0.05, 0) is 0 Å². The third-order valence-corrected chi connectivity index (χ3v) is 0.835. The van der Waals surface area contributed by atoms with Crippen LogP contribution in [-0.2, 0) is 28.0 Å². The van der Waals surface area contributed by atoms with Gasteiger partial charge in [0.2, 0.25) is 0 Å². The van der Waals surface area contributed by atoms with Gasteiger partial charge in [-0.25, -0.2) is 0 Å². The second-order valence-electron chi connectivity index (χ2n) is 0.537. The summed E-state index contributed by atoms with van der Waals surface area (Å²) in [4.78, 5) is 0. The average molecular weight is 171 g/mol. The quantitative estimate of drug-likeness (QED) is 0.555. The Bertz CT molecular complexity index is 17.1. The Kier molecular flexibility index (Phi) is 6.30. The summed E-state index contributed by atoms with van der Waals surface area (Å²) in [6.45, 7) is 0.694. The van der Waals surface area contributed by atoms with E-state index < -0.39 is 0 Å². The van der Waals surface area contributed by atoms with Crippen molar-refractivity contribution in [3.63, 3.8) is 0 Å². The monoisotopic (exact) mass is 169 g/mol. The molecule has 0 aliphatic carbocycles. The van der Waals surface area contributed by atoms with Crippen molar-refractivity contribution in [2.45, 2.75) is 0 Å². The van der Waals surface area contributed by atoms with E-state index in [1.165, 1.54) is 0 Å². The first-order chi connectivity index (χ1) is 2.41. The van der Waals surface area contributed by atoms with Crippen LogP contribution in [-0.4, -0.2) is 12.5 Å². The Morgan fingerprint density at radius 3 is 2.40 bits per heavy atom. The summed E-state index contributed by atoms with van der Waals surface area (Å²) in [6.07, 6.45) is 0. The summed E-state index contributed by atoms with van der Waals surface area (Å²) in [5.74, 6) is 0.616. The molecule has 3 heteroatoms. The molecule has 0 aliphatic rings. The van der Waals surface area contributed by atoms with E-state index >= 15 is 0 Å². The maximum atomic E-state index is 5.19. The molecule has 1 nitrogen and oxygen atoms in total. The molecular weight excluding hydrogens is 167 g/mol. The predicted molar refractivity (Wildman–Crippen MR) is 16.7 cm³/mol. The molecule has 0 aromatic heterocycles. The van der Waals surface area contributed by atoms with Gasteiger partial charge in [0, 0.05) is 0 Å². The van der Waals surface area contributed by atoms with Crippen molar-refractivity contribution >= 4 is 11.6 Å². The minimum absolute atomic E-state index is 0.616. The van der Waals surface area contributed by atoms with Crippen molar-refractivity contribution in [3.8, 4) is 0 Å². The molecule has 0 saturated carbocycles. The molecule has 0 amide bonds. The number of hydrogen-bond donors (Lipinski definition) is 0. The van der Waals surface area contributed by atoms with Gasteiger partial charge in [0.1, 0.15) is 0 Å². The Hall–Kier alpha value is 1.13. The van der Waals surface area contributed by atoms with Gasteiger partial charge >= 0.3 is 52.1 Å². The van der Waals surface area contributed by atoms with E-state index in [0.717, 1.165) is 25.2 Å². The molecule has 0 spiro atoms. The van der Waals surface area contributed by atoms with Crippen LogP contribution in [0.3, 0.4) is 0 Å². The average Bonchev–Trinajstić information content (AvgIpc) is 1.41. The molecule has 0 N–H and O–H groups in total. The fourth-order valence-corrected chi connectivity index (χ4v) is 0.685. The Balaban J connectivity index is 2.19. The first-order valence-corrected chi connectivity index (χ1v) is 2.80. The van der Waals surface area contributed by atoms with Gasteiger partial charge in [0.15, 0.2) is 0 Å². The third kappa shape index (κ3) is 5.13. The van der Waals surface area contributed by atoms with E-state index in [1.807, 2.05) is 0 Å². The SMILES string of the molecule is ClCC[O][Zr]. The van der Waals surface area contributed by atoms with Crippen molar-refractivity contribution in [1.29, 1.82) is 0 Å². The Morgan fingerprint density at radius 2 is 2.40 bits per heavy atom. The van der Waals surface area contributed by atoms with Crippen molar-refractivity contribution in [2.24, 2.45) is 0 Å². The summed E-state index contributed by atoms with van der Waals surface area (Å²) in [7, 11) is 0. The first-order valence-electron chi connectivity index (χ1n) is 1.26. The van der Waals surface area contributed by atoms with Gasteiger partial charge in [0.25, 0.3) is 0 Å². The Labute approximate surface area is 52.1 Å². The van der Waals surface area contributed by atoms with Gasteiger partial charge in [-0.3, -0.25) is 0 Å². The second kappa shape index (κ2) is 5.13. The first kappa shape index (κ1) is 6.13. The minimum atomic E-state index is 0.616. The standard InChI is InChI=1S/C2H4ClO.Zr/c3-1-2-4;/h1-2H2;/q-1;+1. The van der Waals surface area contributed by atoms with E-state index in [2.05, 4.69) is 2.81 Å². The molecular formula is C2H4ClOZr. The summed E-state index contributed by atoms with van der Waals surface area (Å²) in [6, 6.07) is 0. The molecule has 0 heterocycles. The van der Waals surface area contributed by atoms with Crippen molar-refractivity contribution < 1.29 is 28.0 Å². The number of hydrogen-bond acceptors (Lipinski definition) is 1. The van der Waals surface area contributed by atoms with Crippen molar-refractivity contribution in [3.05, 3.63) is 0 Å². The zero-order valence-corrected chi connectivity index (χ0v) is 5.91. The predicted octanol–water partition coefficient (Wildman–Crippen LogP) is 0.704. The second-order valence-corrected chi connectivity index (χ2v) is 1.62. The van der Waals surface area contributed by atoms with Gasteiger partial charge in [-0.2, -0.15) is 0 Å². The molecule has 5 heavy (non-hydrogen) atoms. The van der Waals surface area contributed by atoms with E-state index in [-0.39, 0.29) is 0 Å². The van der Waals surface area contributed by atoms with Crippen molar-refractivity contribution in [2.75, 3.05) is 12.5 Å². The maximum absolute atomic E-state index is 5.19. The fraction of sp³-hybridized carbons (Fsp3) is 1.00. The van der Waals surface area contributed by atoms with Crippen LogP contribution in [0.25, 0.3) is 0 Å². The molecule has 29 valence electrons. The van der Waals surface area contributed by atoms with Crippen LogP contribution in [0.1, 0.15) is 0 Å². The Morgan fingerprint density at radius 1 is 1.80 bits per heavy atom. The normalized spacial score (nSPS) is 8.00. The van der Waals surface area contributed by atoms with E-state index in [0.29, 0.717) is 12.5 Å². The number of halogens is 1. The van der Waals surface area contributed by atoms with Gasteiger partial charge < -0.3 is 0 Å². The molecule has 0 saturated heterocycles. The van der Waals surface area contributed by atoms with Crippen LogP contribution in [0.4, 0.5) is 0 Å². The molecule has 0 unspecified atom stereocenters. The van der Waals surface area contributed by atoms with Gasteiger partial charge in [-0.1, -0.05) is 0 Å². The molecule has 0 bridgehead atoms.